The molecule has 1 heterocycles. The van der Waals surface area contributed by atoms with E-state index in [1.54, 1.807) is 0 Å². The van der Waals surface area contributed by atoms with Crippen LogP contribution in [0.25, 0.3) is 0 Å². The Balaban J connectivity index is 1.45. The number of fused-ring (bicyclic) bond motifs is 1. The second kappa shape index (κ2) is 7.44. The highest BCUT2D eigenvalue weighted by molar-refractivity contribution is 6.02. The van der Waals surface area contributed by atoms with Gasteiger partial charge in [-0.3, -0.25) is 9.59 Å². The van der Waals surface area contributed by atoms with Crippen molar-refractivity contribution < 1.29 is 9.59 Å². The molecule has 122 valence electrons. The molecule has 0 aromatic heterocycles. The number of carbonyl (C=O) groups excluding carboxylic acids is 2. The quantitative estimate of drug-likeness (QED) is 0.793. The molecule has 2 N–H and O–H groups in total. The first-order valence-electron chi connectivity index (χ1n) is 8.57. The van der Waals surface area contributed by atoms with Crippen LogP contribution in [0.1, 0.15) is 44.1 Å². The Bertz CT molecular complexity index is 607. The molecule has 4 heteroatoms. The highest BCUT2D eigenvalue weighted by atomic mass is 16.2. The monoisotopic (exact) mass is 312 g/mol. The van der Waals surface area contributed by atoms with Gasteiger partial charge in [-0.05, 0) is 43.2 Å². The first-order valence-corrected chi connectivity index (χ1v) is 8.57. The lowest BCUT2D eigenvalue weighted by molar-refractivity contribution is -0.123. The number of aryl methyl sites for hydroxylation is 1. The first-order chi connectivity index (χ1) is 11.2. The number of nitrogens with one attached hydrogen (secondary N) is 2. The molecular formula is C19H24N2O2. The van der Waals surface area contributed by atoms with E-state index in [1.807, 2.05) is 18.2 Å². The highest BCUT2D eigenvalue weighted by Gasteiger charge is 2.33. The average Bonchev–Trinajstić information content (AvgIpc) is 2.88. The summed E-state index contributed by atoms with van der Waals surface area (Å²) < 4.78 is 0. The van der Waals surface area contributed by atoms with Crippen molar-refractivity contribution in [3.05, 3.63) is 47.0 Å². The number of carbonyl (C=O) groups is 2. The Hall–Kier alpha value is -2.10. The minimum absolute atomic E-state index is 0.0358. The number of hydrogen-bond donors (Lipinski definition) is 2. The summed E-state index contributed by atoms with van der Waals surface area (Å²) in [5.41, 5.74) is 3.18. The number of amides is 2. The molecule has 2 aliphatic rings. The standard InChI is InChI=1S/C19H24N2O2/c22-18(20-12-6-9-14-7-2-1-3-8-14)13-16-15-10-4-5-11-17(15)21-19(16)23/h1-3,7-8,17H,4-6,9-13H2,(H,20,22)(H,21,23). The van der Waals surface area contributed by atoms with E-state index in [4.69, 9.17) is 0 Å². The summed E-state index contributed by atoms with van der Waals surface area (Å²) in [6.45, 7) is 0.654. The predicted octanol–water partition coefficient (Wildman–Crippen LogP) is 2.49. The molecule has 0 saturated heterocycles. The lowest BCUT2D eigenvalue weighted by Gasteiger charge is -2.20. The molecule has 23 heavy (non-hydrogen) atoms. The smallest absolute Gasteiger partial charge is 0.248 e. The van der Waals surface area contributed by atoms with Gasteiger partial charge in [-0.2, -0.15) is 0 Å². The predicted molar refractivity (Wildman–Crippen MR) is 89.8 cm³/mol. The van der Waals surface area contributed by atoms with Crippen LogP contribution in [0.4, 0.5) is 0 Å². The fraction of sp³-hybridized carbons (Fsp3) is 0.474. The summed E-state index contributed by atoms with van der Waals surface area (Å²) >= 11 is 0. The van der Waals surface area contributed by atoms with E-state index >= 15 is 0 Å². The molecule has 1 aromatic rings. The van der Waals surface area contributed by atoms with Gasteiger partial charge in [0.2, 0.25) is 11.8 Å². The zero-order valence-electron chi connectivity index (χ0n) is 13.4. The third-order valence-corrected chi connectivity index (χ3v) is 4.72. The molecule has 3 rings (SSSR count). The van der Waals surface area contributed by atoms with Crippen LogP contribution in [0.2, 0.25) is 0 Å². The van der Waals surface area contributed by atoms with E-state index in [0.29, 0.717) is 6.54 Å². The van der Waals surface area contributed by atoms with Gasteiger partial charge in [0.25, 0.3) is 0 Å². The van der Waals surface area contributed by atoms with Crippen molar-refractivity contribution in [3.63, 3.8) is 0 Å². The van der Waals surface area contributed by atoms with Gasteiger partial charge in [-0.1, -0.05) is 36.8 Å². The fourth-order valence-electron chi connectivity index (χ4n) is 3.51. The Morgan fingerprint density at radius 2 is 2.04 bits per heavy atom. The SMILES string of the molecule is O=C(CC1=C2CCCCC2NC1=O)NCCCc1ccccc1. The maximum absolute atomic E-state index is 12.1. The Morgan fingerprint density at radius 1 is 1.22 bits per heavy atom. The van der Waals surface area contributed by atoms with Crippen LogP contribution in [0.3, 0.4) is 0 Å². The van der Waals surface area contributed by atoms with Crippen molar-refractivity contribution in [1.82, 2.24) is 10.6 Å². The van der Waals surface area contributed by atoms with E-state index < -0.39 is 0 Å². The van der Waals surface area contributed by atoms with Crippen LogP contribution in [-0.2, 0) is 16.0 Å². The van der Waals surface area contributed by atoms with Gasteiger partial charge in [0.1, 0.15) is 0 Å². The number of rotatable bonds is 6. The first kappa shape index (κ1) is 15.8. The van der Waals surface area contributed by atoms with Crippen molar-refractivity contribution in [2.75, 3.05) is 6.54 Å². The van der Waals surface area contributed by atoms with Crippen LogP contribution in [0.5, 0.6) is 0 Å². The molecule has 1 aliphatic heterocycles. The highest BCUT2D eigenvalue weighted by Crippen LogP contribution is 2.32. The van der Waals surface area contributed by atoms with Crippen LogP contribution in [0.15, 0.2) is 41.5 Å². The van der Waals surface area contributed by atoms with E-state index in [0.717, 1.165) is 44.1 Å². The van der Waals surface area contributed by atoms with Crippen LogP contribution in [0, 0.1) is 0 Å². The van der Waals surface area contributed by atoms with Crippen molar-refractivity contribution in [2.24, 2.45) is 0 Å². The molecule has 0 radical (unpaired) electrons. The summed E-state index contributed by atoms with van der Waals surface area (Å²) in [5, 5.41) is 5.95. The van der Waals surface area contributed by atoms with Crippen molar-refractivity contribution in [3.8, 4) is 0 Å². The van der Waals surface area contributed by atoms with Crippen LogP contribution in [-0.4, -0.2) is 24.4 Å². The van der Waals surface area contributed by atoms with Gasteiger partial charge in [-0.25, -0.2) is 0 Å². The summed E-state index contributed by atoms with van der Waals surface area (Å²) in [4.78, 5) is 24.1. The van der Waals surface area contributed by atoms with E-state index in [9.17, 15) is 9.59 Å². The molecule has 4 nitrogen and oxygen atoms in total. The van der Waals surface area contributed by atoms with Crippen LogP contribution < -0.4 is 10.6 Å². The molecule has 1 aliphatic carbocycles. The van der Waals surface area contributed by atoms with Gasteiger partial charge in [0, 0.05) is 12.1 Å². The third kappa shape index (κ3) is 4.01. The summed E-state index contributed by atoms with van der Waals surface area (Å²) in [5.74, 6) is -0.0757. The maximum Gasteiger partial charge on any atom is 0.248 e. The minimum Gasteiger partial charge on any atom is -0.356 e. The second-order valence-electron chi connectivity index (χ2n) is 6.39. The third-order valence-electron chi connectivity index (χ3n) is 4.72. The molecule has 1 saturated carbocycles. The average molecular weight is 312 g/mol. The molecule has 1 atom stereocenters. The normalized spacial score (nSPS) is 20.2. The Kier molecular flexibility index (Phi) is 5.11. The number of hydrogen-bond acceptors (Lipinski definition) is 2. The van der Waals surface area contributed by atoms with Gasteiger partial charge in [-0.15, -0.1) is 0 Å². The molecular weight excluding hydrogens is 288 g/mol. The van der Waals surface area contributed by atoms with E-state index in [2.05, 4.69) is 22.8 Å². The lowest BCUT2D eigenvalue weighted by Crippen LogP contribution is -2.30. The van der Waals surface area contributed by atoms with Crippen molar-refractivity contribution in [2.45, 2.75) is 51.0 Å². The zero-order chi connectivity index (χ0) is 16.1. The largest absolute Gasteiger partial charge is 0.356 e. The zero-order valence-corrected chi connectivity index (χ0v) is 13.4. The number of benzene rings is 1. The minimum atomic E-state index is -0.0399. The van der Waals surface area contributed by atoms with Crippen molar-refractivity contribution in [1.29, 1.82) is 0 Å². The molecule has 1 unspecified atom stereocenters. The van der Waals surface area contributed by atoms with Crippen molar-refractivity contribution >= 4 is 11.8 Å². The molecule has 1 fully saturated rings. The van der Waals surface area contributed by atoms with Gasteiger partial charge in [0.05, 0.1) is 12.5 Å². The topological polar surface area (TPSA) is 58.2 Å². The van der Waals surface area contributed by atoms with E-state index in [-0.39, 0.29) is 24.3 Å². The van der Waals surface area contributed by atoms with Crippen LogP contribution >= 0.6 is 0 Å². The fourth-order valence-corrected chi connectivity index (χ4v) is 3.51. The molecule has 2 amide bonds. The lowest BCUT2D eigenvalue weighted by atomic mass is 9.88. The molecule has 0 spiro atoms. The summed E-state index contributed by atoms with van der Waals surface area (Å²) in [7, 11) is 0. The summed E-state index contributed by atoms with van der Waals surface area (Å²) in [6, 6.07) is 10.4. The van der Waals surface area contributed by atoms with Gasteiger partial charge >= 0.3 is 0 Å². The Labute approximate surface area is 137 Å². The van der Waals surface area contributed by atoms with Gasteiger partial charge in [0.15, 0.2) is 0 Å². The molecule has 0 bridgehead atoms. The molecule has 1 aromatic carbocycles. The second-order valence-corrected chi connectivity index (χ2v) is 6.39. The maximum atomic E-state index is 12.1. The van der Waals surface area contributed by atoms with Gasteiger partial charge < -0.3 is 10.6 Å². The van der Waals surface area contributed by atoms with E-state index in [1.165, 1.54) is 11.1 Å². The Morgan fingerprint density at radius 3 is 2.87 bits per heavy atom. The summed E-state index contributed by atoms with van der Waals surface area (Å²) in [6.07, 6.45) is 6.36.